The maximum Gasteiger partial charge on any atom is 0.294 e. The van der Waals surface area contributed by atoms with Crippen LogP contribution in [0.15, 0.2) is 17.0 Å². The van der Waals surface area contributed by atoms with Gasteiger partial charge in [0.1, 0.15) is 13.2 Å². The number of ether oxygens (including phenoxy) is 3. The van der Waals surface area contributed by atoms with E-state index in [0.717, 1.165) is 20.2 Å². The lowest BCUT2D eigenvalue weighted by atomic mass is 10.2. The van der Waals surface area contributed by atoms with Gasteiger partial charge < -0.3 is 19.1 Å². The fourth-order valence-corrected chi connectivity index (χ4v) is 4.53. The maximum atomic E-state index is 12.7. The maximum absolute atomic E-state index is 12.7. The number of imide groups is 1. The zero-order valence-corrected chi connectivity index (χ0v) is 19.2. The Bertz CT molecular complexity index is 936. The number of benzene rings is 1. The Morgan fingerprint density at radius 2 is 2.10 bits per heavy atom. The van der Waals surface area contributed by atoms with E-state index in [0.29, 0.717) is 43.4 Å². The van der Waals surface area contributed by atoms with E-state index in [-0.39, 0.29) is 24.0 Å². The Hall–Kier alpha value is -2.23. The van der Waals surface area contributed by atoms with Crippen LogP contribution >= 0.6 is 34.4 Å². The number of nitrogens with zero attached hydrogens (tertiary/aromatic N) is 2. The first-order valence-corrected chi connectivity index (χ1v) is 10.9. The Morgan fingerprint density at radius 3 is 2.77 bits per heavy atom. The van der Waals surface area contributed by atoms with Gasteiger partial charge in [0.25, 0.3) is 11.1 Å². The summed E-state index contributed by atoms with van der Waals surface area (Å²) in [5.41, 5.74) is 0.661. The third-order valence-electron chi connectivity index (χ3n) is 4.38. The molecular formula is C20H19IN2O6S. The molecule has 30 heavy (non-hydrogen) atoms. The second-order valence-corrected chi connectivity index (χ2v) is 8.44. The van der Waals surface area contributed by atoms with Crippen LogP contribution in [0.3, 0.4) is 0 Å². The third-order valence-corrected chi connectivity index (χ3v) is 6.09. The van der Waals surface area contributed by atoms with E-state index in [2.05, 4.69) is 28.5 Å². The van der Waals surface area contributed by atoms with E-state index in [4.69, 9.17) is 20.6 Å². The monoisotopic (exact) mass is 542 g/mol. The number of carbonyl (C=O) groups excluding carboxylic acids is 3. The molecule has 2 fully saturated rings. The Labute approximate surface area is 192 Å². The van der Waals surface area contributed by atoms with Gasteiger partial charge in [-0.05, 0) is 58.1 Å². The molecule has 158 valence electrons. The van der Waals surface area contributed by atoms with E-state index in [1.807, 2.05) is 0 Å². The molecule has 2 saturated heterocycles. The lowest BCUT2D eigenvalue weighted by Crippen LogP contribution is -2.46. The van der Waals surface area contributed by atoms with Crippen molar-refractivity contribution in [3.05, 3.63) is 26.2 Å². The van der Waals surface area contributed by atoms with Gasteiger partial charge in [-0.3, -0.25) is 19.3 Å². The van der Waals surface area contributed by atoms with E-state index in [1.54, 1.807) is 23.1 Å². The van der Waals surface area contributed by atoms with Crippen LogP contribution in [0, 0.1) is 15.9 Å². The van der Waals surface area contributed by atoms with Gasteiger partial charge >= 0.3 is 0 Å². The fourth-order valence-electron chi connectivity index (χ4n) is 2.91. The summed E-state index contributed by atoms with van der Waals surface area (Å²) in [6, 6.07) is 3.49. The van der Waals surface area contributed by atoms with Crippen molar-refractivity contribution in [2.24, 2.45) is 0 Å². The Morgan fingerprint density at radius 1 is 1.37 bits per heavy atom. The van der Waals surface area contributed by atoms with Crippen molar-refractivity contribution in [1.82, 2.24) is 9.80 Å². The summed E-state index contributed by atoms with van der Waals surface area (Å²) in [5, 5.41) is -0.469. The fraction of sp³-hybridized carbons (Fsp3) is 0.350. The standard InChI is InChI=1S/C20H19IN2O6S/c1-3-6-29-18-14(21)9-13(10-15(18)27-2)11-16-19(25)23(20(26)30-16)12-17(24)22-4-7-28-8-5-22/h1,9-11H,4-8,12H2,2H3/b16-11+. The number of hydrogen-bond acceptors (Lipinski definition) is 7. The molecule has 2 aliphatic heterocycles. The minimum atomic E-state index is -0.492. The number of thioether (sulfide) groups is 1. The van der Waals surface area contributed by atoms with Crippen molar-refractivity contribution < 1.29 is 28.6 Å². The van der Waals surface area contributed by atoms with Crippen molar-refractivity contribution in [2.45, 2.75) is 0 Å². The highest BCUT2D eigenvalue weighted by atomic mass is 127. The third kappa shape index (κ3) is 5.08. The van der Waals surface area contributed by atoms with Crippen molar-refractivity contribution in [2.75, 3.05) is 46.6 Å². The van der Waals surface area contributed by atoms with Crippen LogP contribution in [0.25, 0.3) is 6.08 Å². The number of terminal acetylenes is 1. The molecule has 0 bridgehead atoms. The zero-order chi connectivity index (χ0) is 21.7. The number of hydrogen-bond donors (Lipinski definition) is 0. The Balaban J connectivity index is 1.77. The average Bonchev–Trinajstić information content (AvgIpc) is 3.00. The molecule has 0 saturated carbocycles. The normalized spacial score (nSPS) is 18.0. The molecular weight excluding hydrogens is 523 g/mol. The summed E-state index contributed by atoms with van der Waals surface area (Å²) in [6.07, 6.45) is 6.84. The number of rotatable bonds is 6. The number of amides is 3. The quantitative estimate of drug-likeness (QED) is 0.310. The topological polar surface area (TPSA) is 85.4 Å². The van der Waals surface area contributed by atoms with E-state index >= 15 is 0 Å². The molecule has 8 nitrogen and oxygen atoms in total. The zero-order valence-electron chi connectivity index (χ0n) is 16.2. The van der Waals surface area contributed by atoms with Crippen LogP contribution in [-0.2, 0) is 14.3 Å². The summed E-state index contributed by atoms with van der Waals surface area (Å²) >= 11 is 2.89. The number of halogens is 1. The smallest absolute Gasteiger partial charge is 0.294 e. The molecule has 3 rings (SSSR count). The molecule has 0 unspecified atom stereocenters. The van der Waals surface area contributed by atoms with Crippen LogP contribution in [0.5, 0.6) is 11.5 Å². The van der Waals surface area contributed by atoms with E-state index in [1.165, 1.54) is 7.11 Å². The molecule has 2 aliphatic rings. The van der Waals surface area contributed by atoms with Crippen LogP contribution in [0.4, 0.5) is 4.79 Å². The second kappa shape index (κ2) is 10.2. The first-order valence-electron chi connectivity index (χ1n) is 8.99. The van der Waals surface area contributed by atoms with Crippen molar-refractivity contribution in [3.8, 4) is 23.8 Å². The van der Waals surface area contributed by atoms with Gasteiger partial charge in [-0.2, -0.15) is 0 Å². The summed E-state index contributed by atoms with van der Waals surface area (Å²) < 4.78 is 16.8. The SMILES string of the molecule is C#CCOc1c(I)cc(/C=C2/SC(=O)N(CC(=O)N3CCOCC3)C2=O)cc1OC. The van der Waals surface area contributed by atoms with Crippen molar-refractivity contribution >= 4 is 57.5 Å². The molecule has 3 amide bonds. The highest BCUT2D eigenvalue weighted by molar-refractivity contribution is 14.1. The lowest BCUT2D eigenvalue weighted by molar-refractivity contribution is -0.139. The van der Waals surface area contributed by atoms with Gasteiger partial charge in [-0.25, -0.2) is 0 Å². The summed E-state index contributed by atoms with van der Waals surface area (Å²) in [5.74, 6) is 2.61. The summed E-state index contributed by atoms with van der Waals surface area (Å²) in [4.78, 5) is 40.3. The molecule has 0 aliphatic carbocycles. The molecule has 0 N–H and O–H groups in total. The molecule has 0 radical (unpaired) electrons. The minimum Gasteiger partial charge on any atom is -0.493 e. The van der Waals surface area contributed by atoms with Gasteiger partial charge in [-0.1, -0.05) is 5.92 Å². The first kappa shape index (κ1) is 22.5. The van der Waals surface area contributed by atoms with Crippen molar-refractivity contribution in [1.29, 1.82) is 0 Å². The lowest BCUT2D eigenvalue weighted by Gasteiger charge is -2.28. The van der Waals surface area contributed by atoms with Gasteiger partial charge in [0.05, 0.1) is 28.8 Å². The van der Waals surface area contributed by atoms with Gasteiger partial charge in [0.15, 0.2) is 11.5 Å². The molecule has 1 aromatic rings. The molecule has 0 spiro atoms. The molecule has 2 heterocycles. The van der Waals surface area contributed by atoms with E-state index < -0.39 is 11.1 Å². The second-order valence-electron chi connectivity index (χ2n) is 6.29. The first-order chi connectivity index (χ1) is 14.4. The average molecular weight is 542 g/mol. The van der Waals surface area contributed by atoms with Gasteiger partial charge in [0.2, 0.25) is 5.91 Å². The molecule has 0 atom stereocenters. The molecule has 10 heteroatoms. The van der Waals surface area contributed by atoms with Crippen LogP contribution in [0.2, 0.25) is 0 Å². The predicted octanol–water partition coefficient (Wildman–Crippen LogP) is 2.21. The highest BCUT2D eigenvalue weighted by Crippen LogP contribution is 2.37. The molecule has 1 aromatic carbocycles. The highest BCUT2D eigenvalue weighted by Gasteiger charge is 2.37. The van der Waals surface area contributed by atoms with Crippen molar-refractivity contribution in [3.63, 3.8) is 0 Å². The summed E-state index contributed by atoms with van der Waals surface area (Å²) in [7, 11) is 1.50. The number of carbonyl (C=O) groups is 3. The van der Waals surface area contributed by atoms with Crippen LogP contribution in [0.1, 0.15) is 5.56 Å². The van der Waals surface area contributed by atoms with Gasteiger partial charge in [0, 0.05) is 13.1 Å². The molecule has 0 aromatic heterocycles. The predicted molar refractivity (Wildman–Crippen MR) is 120 cm³/mol. The summed E-state index contributed by atoms with van der Waals surface area (Å²) in [6.45, 7) is 1.64. The van der Waals surface area contributed by atoms with Gasteiger partial charge in [-0.15, -0.1) is 6.42 Å². The van der Waals surface area contributed by atoms with Crippen LogP contribution in [-0.4, -0.2) is 73.4 Å². The largest absolute Gasteiger partial charge is 0.493 e. The number of morpholine rings is 1. The Kier molecular flexibility index (Phi) is 7.63. The van der Waals surface area contributed by atoms with E-state index in [9.17, 15) is 14.4 Å². The van der Waals surface area contributed by atoms with Crippen LogP contribution < -0.4 is 9.47 Å². The minimum absolute atomic E-state index is 0.0990. The number of methoxy groups -OCH3 is 1.